The van der Waals surface area contributed by atoms with E-state index in [0.29, 0.717) is 6.54 Å². The van der Waals surface area contributed by atoms with E-state index < -0.39 is 6.04 Å². The first-order valence-electron chi connectivity index (χ1n) is 7.34. The quantitative estimate of drug-likeness (QED) is 0.907. The first-order valence-corrected chi connectivity index (χ1v) is 7.34. The molecule has 21 heavy (non-hydrogen) atoms. The van der Waals surface area contributed by atoms with Crippen LogP contribution in [0.2, 0.25) is 0 Å². The van der Waals surface area contributed by atoms with Gasteiger partial charge < -0.3 is 10.2 Å². The minimum absolute atomic E-state index is 0.0165. The molecule has 1 heterocycles. The molecule has 1 aliphatic rings. The van der Waals surface area contributed by atoms with Crippen molar-refractivity contribution in [1.29, 1.82) is 0 Å². The molecule has 0 radical (unpaired) electrons. The Morgan fingerprint density at radius 1 is 1.19 bits per heavy atom. The van der Waals surface area contributed by atoms with Crippen molar-refractivity contribution >= 4 is 11.8 Å². The first kappa shape index (κ1) is 15.5. The standard InChI is InChI=1S/C17H24N2O2/c1-11-7-6-8-12(2)13(11)10-19-14(20)9-18-16(21)15(19)17(3,4)5/h6-8,15H,9-10H2,1-5H3,(H,18,21). The molecular weight excluding hydrogens is 264 g/mol. The molecule has 114 valence electrons. The van der Waals surface area contributed by atoms with E-state index in [1.807, 2.05) is 52.8 Å². The summed E-state index contributed by atoms with van der Waals surface area (Å²) < 4.78 is 0. The van der Waals surface area contributed by atoms with Gasteiger partial charge in [-0.05, 0) is 36.0 Å². The number of rotatable bonds is 2. The Bertz CT molecular complexity index is 552. The summed E-state index contributed by atoms with van der Waals surface area (Å²) in [4.78, 5) is 26.3. The molecular formula is C17H24N2O2. The van der Waals surface area contributed by atoms with Gasteiger partial charge in [0.25, 0.3) is 0 Å². The summed E-state index contributed by atoms with van der Waals surface area (Å²) in [6.07, 6.45) is 0. The molecule has 0 bridgehead atoms. The van der Waals surface area contributed by atoms with Crippen molar-refractivity contribution in [1.82, 2.24) is 10.2 Å². The number of piperazine rings is 1. The van der Waals surface area contributed by atoms with Crippen molar-refractivity contribution in [3.63, 3.8) is 0 Å². The van der Waals surface area contributed by atoms with Crippen molar-refractivity contribution < 1.29 is 9.59 Å². The molecule has 0 saturated carbocycles. The molecule has 1 aromatic rings. The van der Waals surface area contributed by atoms with Gasteiger partial charge in [0.05, 0.1) is 6.54 Å². The van der Waals surface area contributed by atoms with Crippen molar-refractivity contribution in [3.05, 3.63) is 34.9 Å². The van der Waals surface area contributed by atoms with Gasteiger partial charge in [-0.15, -0.1) is 0 Å². The van der Waals surface area contributed by atoms with Gasteiger partial charge in [0.2, 0.25) is 11.8 Å². The van der Waals surface area contributed by atoms with Gasteiger partial charge in [-0.3, -0.25) is 9.59 Å². The third kappa shape index (κ3) is 3.09. The van der Waals surface area contributed by atoms with E-state index >= 15 is 0 Å². The minimum atomic E-state index is -0.433. The lowest BCUT2D eigenvalue weighted by Crippen LogP contribution is -2.62. The van der Waals surface area contributed by atoms with Crippen LogP contribution in [0.5, 0.6) is 0 Å². The Labute approximate surface area is 126 Å². The van der Waals surface area contributed by atoms with E-state index in [1.54, 1.807) is 4.90 Å². The molecule has 1 saturated heterocycles. The van der Waals surface area contributed by atoms with E-state index in [2.05, 4.69) is 5.32 Å². The second-order valence-corrected chi connectivity index (χ2v) is 6.88. The third-order valence-electron chi connectivity index (χ3n) is 4.09. The fourth-order valence-corrected chi connectivity index (χ4v) is 2.96. The van der Waals surface area contributed by atoms with Gasteiger partial charge in [-0.2, -0.15) is 0 Å². The average molecular weight is 288 g/mol. The van der Waals surface area contributed by atoms with Crippen LogP contribution in [0, 0.1) is 19.3 Å². The normalized spacial score (nSPS) is 19.7. The van der Waals surface area contributed by atoms with Gasteiger partial charge in [0, 0.05) is 6.54 Å². The lowest BCUT2D eigenvalue weighted by atomic mass is 9.83. The van der Waals surface area contributed by atoms with Crippen molar-refractivity contribution in [2.45, 2.75) is 47.2 Å². The van der Waals surface area contributed by atoms with Gasteiger partial charge in [0.1, 0.15) is 6.04 Å². The van der Waals surface area contributed by atoms with Crippen molar-refractivity contribution in [3.8, 4) is 0 Å². The van der Waals surface area contributed by atoms with Crippen LogP contribution in [0.3, 0.4) is 0 Å². The van der Waals surface area contributed by atoms with Crippen LogP contribution in [-0.2, 0) is 16.1 Å². The first-order chi connectivity index (χ1) is 9.71. The summed E-state index contributed by atoms with van der Waals surface area (Å²) in [5.41, 5.74) is 3.15. The summed E-state index contributed by atoms with van der Waals surface area (Å²) in [6, 6.07) is 5.67. The average Bonchev–Trinajstić information content (AvgIpc) is 2.36. The number of amides is 2. The Morgan fingerprint density at radius 2 is 1.76 bits per heavy atom. The molecule has 1 atom stereocenters. The molecule has 2 rings (SSSR count). The molecule has 1 aromatic carbocycles. The number of aryl methyl sites for hydroxylation is 2. The molecule has 0 spiro atoms. The largest absolute Gasteiger partial charge is 0.345 e. The van der Waals surface area contributed by atoms with Crippen LogP contribution in [0.15, 0.2) is 18.2 Å². The number of hydrogen-bond donors (Lipinski definition) is 1. The molecule has 1 fully saturated rings. The molecule has 1 unspecified atom stereocenters. The van der Waals surface area contributed by atoms with E-state index in [9.17, 15) is 9.59 Å². The fourth-order valence-electron chi connectivity index (χ4n) is 2.96. The second kappa shape index (κ2) is 5.51. The lowest BCUT2D eigenvalue weighted by Gasteiger charge is -2.42. The number of carbonyl (C=O) groups excluding carboxylic acids is 2. The lowest BCUT2D eigenvalue weighted by molar-refractivity contribution is -0.150. The van der Waals surface area contributed by atoms with Crippen LogP contribution >= 0.6 is 0 Å². The Balaban J connectivity index is 2.38. The number of nitrogens with one attached hydrogen (secondary N) is 1. The van der Waals surface area contributed by atoms with Gasteiger partial charge in [-0.1, -0.05) is 39.0 Å². The van der Waals surface area contributed by atoms with E-state index in [0.717, 1.165) is 16.7 Å². The van der Waals surface area contributed by atoms with E-state index in [1.165, 1.54) is 0 Å². The predicted octanol–water partition coefficient (Wildman–Crippen LogP) is 2.18. The topological polar surface area (TPSA) is 49.4 Å². The van der Waals surface area contributed by atoms with Gasteiger partial charge >= 0.3 is 0 Å². The maximum Gasteiger partial charge on any atom is 0.243 e. The minimum Gasteiger partial charge on any atom is -0.345 e. The maximum atomic E-state index is 12.3. The highest BCUT2D eigenvalue weighted by atomic mass is 16.2. The van der Waals surface area contributed by atoms with Gasteiger partial charge in [-0.25, -0.2) is 0 Å². The van der Waals surface area contributed by atoms with Crippen LogP contribution in [-0.4, -0.2) is 29.3 Å². The summed E-state index contributed by atoms with van der Waals surface area (Å²) in [7, 11) is 0. The highest BCUT2D eigenvalue weighted by Crippen LogP contribution is 2.29. The molecule has 0 aliphatic carbocycles. The molecule has 4 nitrogen and oxygen atoms in total. The van der Waals surface area contributed by atoms with Gasteiger partial charge in [0.15, 0.2) is 0 Å². The van der Waals surface area contributed by atoms with Crippen LogP contribution < -0.4 is 5.32 Å². The van der Waals surface area contributed by atoms with Crippen molar-refractivity contribution in [2.24, 2.45) is 5.41 Å². The maximum absolute atomic E-state index is 12.3. The molecule has 1 N–H and O–H groups in total. The molecule has 1 aliphatic heterocycles. The van der Waals surface area contributed by atoms with Crippen LogP contribution in [0.4, 0.5) is 0 Å². The monoisotopic (exact) mass is 288 g/mol. The second-order valence-electron chi connectivity index (χ2n) is 6.88. The van der Waals surface area contributed by atoms with Crippen LogP contribution in [0.25, 0.3) is 0 Å². The summed E-state index contributed by atoms with van der Waals surface area (Å²) >= 11 is 0. The summed E-state index contributed by atoms with van der Waals surface area (Å²) in [5.74, 6) is -0.0782. The summed E-state index contributed by atoms with van der Waals surface area (Å²) in [5, 5.41) is 2.70. The smallest absolute Gasteiger partial charge is 0.243 e. The highest BCUT2D eigenvalue weighted by Gasteiger charge is 2.42. The Hall–Kier alpha value is -1.84. The van der Waals surface area contributed by atoms with Crippen LogP contribution in [0.1, 0.15) is 37.5 Å². The Morgan fingerprint density at radius 3 is 2.29 bits per heavy atom. The molecule has 2 amide bonds. The van der Waals surface area contributed by atoms with E-state index in [-0.39, 0.29) is 23.8 Å². The molecule has 4 heteroatoms. The zero-order valence-corrected chi connectivity index (χ0v) is 13.5. The van der Waals surface area contributed by atoms with E-state index in [4.69, 9.17) is 0 Å². The highest BCUT2D eigenvalue weighted by molar-refractivity contribution is 5.95. The number of nitrogens with zero attached hydrogens (tertiary/aromatic N) is 1. The zero-order valence-electron chi connectivity index (χ0n) is 13.5. The predicted molar refractivity (Wildman–Crippen MR) is 82.7 cm³/mol. The third-order valence-corrected chi connectivity index (χ3v) is 4.09. The Kier molecular flexibility index (Phi) is 4.08. The SMILES string of the molecule is Cc1cccc(C)c1CN1C(=O)CNC(=O)C1C(C)(C)C. The number of benzene rings is 1. The zero-order chi connectivity index (χ0) is 15.8. The number of hydrogen-bond acceptors (Lipinski definition) is 2. The van der Waals surface area contributed by atoms with Crippen molar-refractivity contribution in [2.75, 3.05) is 6.54 Å². The molecule has 0 aromatic heterocycles. The summed E-state index contributed by atoms with van der Waals surface area (Å²) in [6.45, 7) is 10.7. The number of carbonyl (C=O) groups is 2. The fraction of sp³-hybridized carbons (Fsp3) is 0.529.